The van der Waals surface area contributed by atoms with Gasteiger partial charge in [-0.3, -0.25) is 0 Å². The van der Waals surface area contributed by atoms with Crippen LogP contribution in [0.2, 0.25) is 0 Å². The molecular weight excluding hydrogens is 254 g/mol. The second kappa shape index (κ2) is 8.27. The number of aliphatic hydroxyl groups excluding tert-OH is 1. The number of nitrogens with zero attached hydrogens (tertiary/aromatic N) is 3. The molecule has 2 aromatic rings. The maximum atomic E-state index is 8.29. The van der Waals surface area contributed by atoms with Gasteiger partial charge in [0.05, 0.1) is 5.52 Å². The van der Waals surface area contributed by atoms with Gasteiger partial charge in [-0.1, -0.05) is 26.2 Å². The van der Waals surface area contributed by atoms with E-state index < -0.39 is 0 Å². The Bertz CT molecular complexity index is 540. The van der Waals surface area contributed by atoms with Gasteiger partial charge in [0.25, 0.3) is 0 Å². The fourth-order valence-corrected chi connectivity index (χ4v) is 1.69. The zero-order valence-corrected chi connectivity index (χ0v) is 12.1. The smallest absolute Gasteiger partial charge is 0.222 e. The number of anilines is 2. The summed E-state index contributed by atoms with van der Waals surface area (Å²) in [6.07, 6.45) is 4.68. The molecule has 0 aliphatic heterocycles. The number of aryl methyl sites for hydroxylation is 1. The van der Waals surface area contributed by atoms with Gasteiger partial charge in [-0.2, -0.15) is 4.98 Å². The lowest BCUT2D eigenvalue weighted by Gasteiger charge is -2.01. The number of nitrogens with two attached hydrogens (primary N) is 2. The summed E-state index contributed by atoms with van der Waals surface area (Å²) in [5, 5.41) is 8.29. The highest BCUT2D eigenvalue weighted by Gasteiger charge is 2.03. The Kier molecular flexibility index (Phi) is 6.66. The molecule has 0 aliphatic rings. The van der Waals surface area contributed by atoms with Crippen LogP contribution in [0.4, 0.5) is 11.8 Å². The van der Waals surface area contributed by atoms with Crippen molar-refractivity contribution in [1.29, 1.82) is 0 Å². The molecule has 2 heterocycles. The van der Waals surface area contributed by atoms with Gasteiger partial charge in [0.15, 0.2) is 5.82 Å². The third kappa shape index (κ3) is 4.97. The SMILES string of the molecule is CCCCCCO.Cc1ccc2nc(N)nc(N)c2n1. The highest BCUT2D eigenvalue weighted by molar-refractivity contribution is 5.84. The molecule has 0 fully saturated rings. The van der Waals surface area contributed by atoms with Crippen LogP contribution in [0.25, 0.3) is 11.0 Å². The Morgan fingerprint density at radius 2 is 1.80 bits per heavy atom. The summed E-state index contributed by atoms with van der Waals surface area (Å²) in [5.41, 5.74) is 13.2. The molecule has 0 amide bonds. The van der Waals surface area contributed by atoms with Crippen molar-refractivity contribution in [3.63, 3.8) is 0 Å². The number of nitrogen functional groups attached to an aromatic ring is 2. The first-order chi connectivity index (χ1) is 9.58. The number of hydrogen-bond donors (Lipinski definition) is 3. The summed E-state index contributed by atoms with van der Waals surface area (Å²) >= 11 is 0. The predicted octanol–water partition coefficient (Wildman–Crippen LogP) is 2.06. The average molecular weight is 277 g/mol. The third-order valence-corrected chi connectivity index (χ3v) is 2.74. The Hall–Kier alpha value is -1.95. The van der Waals surface area contributed by atoms with E-state index in [-0.39, 0.29) is 5.95 Å². The largest absolute Gasteiger partial charge is 0.396 e. The molecule has 0 saturated carbocycles. The second-order valence-electron chi connectivity index (χ2n) is 4.57. The fraction of sp³-hybridized carbons (Fsp3) is 0.500. The van der Waals surface area contributed by atoms with E-state index in [2.05, 4.69) is 21.9 Å². The molecule has 0 aromatic carbocycles. The van der Waals surface area contributed by atoms with Crippen molar-refractivity contribution in [2.75, 3.05) is 18.1 Å². The van der Waals surface area contributed by atoms with E-state index in [9.17, 15) is 0 Å². The zero-order valence-electron chi connectivity index (χ0n) is 12.1. The van der Waals surface area contributed by atoms with Crippen LogP contribution in [-0.2, 0) is 0 Å². The molecule has 5 N–H and O–H groups in total. The molecule has 6 heteroatoms. The van der Waals surface area contributed by atoms with Crippen LogP contribution in [0.15, 0.2) is 12.1 Å². The normalized spacial score (nSPS) is 10.2. The third-order valence-electron chi connectivity index (χ3n) is 2.74. The Labute approximate surface area is 119 Å². The van der Waals surface area contributed by atoms with E-state index in [0.717, 1.165) is 12.1 Å². The maximum Gasteiger partial charge on any atom is 0.222 e. The van der Waals surface area contributed by atoms with Gasteiger partial charge in [0.2, 0.25) is 5.95 Å². The fourth-order valence-electron chi connectivity index (χ4n) is 1.69. The standard InChI is InChI=1S/C8H9N5.C6H14O/c1-4-2-3-5-6(11-4)7(9)13-8(10)12-5;1-2-3-4-5-6-7/h2-3H,1H3,(H4,9,10,12,13);7H,2-6H2,1H3. The molecule has 0 bridgehead atoms. The van der Waals surface area contributed by atoms with Gasteiger partial charge in [0.1, 0.15) is 5.52 Å². The quantitative estimate of drug-likeness (QED) is 0.738. The minimum absolute atomic E-state index is 0.177. The molecule has 2 aromatic heterocycles. The van der Waals surface area contributed by atoms with Crippen molar-refractivity contribution in [3.8, 4) is 0 Å². The number of rotatable bonds is 4. The van der Waals surface area contributed by atoms with E-state index in [1.165, 1.54) is 19.3 Å². The molecule has 0 atom stereocenters. The van der Waals surface area contributed by atoms with Crippen LogP contribution < -0.4 is 11.5 Å². The van der Waals surface area contributed by atoms with Crippen molar-refractivity contribution in [2.45, 2.75) is 39.5 Å². The zero-order chi connectivity index (χ0) is 15.0. The maximum absolute atomic E-state index is 8.29. The Morgan fingerprint density at radius 1 is 1.05 bits per heavy atom. The van der Waals surface area contributed by atoms with Crippen molar-refractivity contribution in [3.05, 3.63) is 17.8 Å². The summed E-state index contributed by atoms with van der Waals surface area (Å²) in [6, 6.07) is 3.68. The highest BCUT2D eigenvalue weighted by atomic mass is 16.2. The van der Waals surface area contributed by atoms with Crippen LogP contribution in [-0.4, -0.2) is 26.7 Å². The number of aliphatic hydroxyl groups is 1. The van der Waals surface area contributed by atoms with E-state index in [4.69, 9.17) is 16.6 Å². The first-order valence-corrected chi connectivity index (χ1v) is 6.85. The molecule has 2 rings (SSSR count). The van der Waals surface area contributed by atoms with Crippen molar-refractivity contribution >= 4 is 22.8 Å². The lowest BCUT2D eigenvalue weighted by atomic mass is 10.2. The molecule has 0 aliphatic carbocycles. The summed E-state index contributed by atoms with van der Waals surface area (Å²) in [6.45, 7) is 4.41. The van der Waals surface area contributed by atoms with Crippen molar-refractivity contribution in [1.82, 2.24) is 15.0 Å². The van der Waals surface area contributed by atoms with Crippen LogP contribution in [0.1, 0.15) is 38.3 Å². The molecule has 20 heavy (non-hydrogen) atoms. The van der Waals surface area contributed by atoms with Crippen molar-refractivity contribution in [2.24, 2.45) is 0 Å². The van der Waals surface area contributed by atoms with E-state index >= 15 is 0 Å². The highest BCUT2D eigenvalue weighted by Crippen LogP contribution is 2.16. The first-order valence-electron chi connectivity index (χ1n) is 6.85. The van der Waals surface area contributed by atoms with Crippen molar-refractivity contribution < 1.29 is 5.11 Å². The summed E-state index contributed by atoms with van der Waals surface area (Å²) in [5.74, 6) is 0.502. The molecule has 0 spiro atoms. The lowest BCUT2D eigenvalue weighted by molar-refractivity contribution is 0.283. The second-order valence-corrected chi connectivity index (χ2v) is 4.57. The Balaban J connectivity index is 0.000000246. The van der Waals surface area contributed by atoms with Gasteiger partial charge in [-0.15, -0.1) is 0 Å². The number of unbranched alkanes of at least 4 members (excludes halogenated alkanes) is 3. The lowest BCUT2D eigenvalue weighted by Crippen LogP contribution is -2.01. The molecule has 0 saturated heterocycles. The molecule has 0 radical (unpaired) electrons. The van der Waals surface area contributed by atoms with Gasteiger partial charge >= 0.3 is 0 Å². The van der Waals surface area contributed by atoms with E-state index in [1.807, 2.05) is 19.1 Å². The van der Waals surface area contributed by atoms with Crippen LogP contribution in [0.5, 0.6) is 0 Å². The van der Waals surface area contributed by atoms with Crippen LogP contribution >= 0.6 is 0 Å². The van der Waals surface area contributed by atoms with Crippen LogP contribution in [0.3, 0.4) is 0 Å². The van der Waals surface area contributed by atoms with Gasteiger partial charge < -0.3 is 16.6 Å². The average Bonchev–Trinajstić information content (AvgIpc) is 2.41. The molecule has 6 nitrogen and oxygen atoms in total. The molecule has 110 valence electrons. The summed E-state index contributed by atoms with van der Waals surface area (Å²) in [7, 11) is 0. The summed E-state index contributed by atoms with van der Waals surface area (Å²) in [4.78, 5) is 12.0. The number of fused-ring (bicyclic) bond motifs is 1. The molecule has 0 unspecified atom stereocenters. The Morgan fingerprint density at radius 3 is 2.45 bits per heavy atom. The first kappa shape index (κ1) is 16.1. The van der Waals surface area contributed by atoms with E-state index in [0.29, 0.717) is 23.5 Å². The summed E-state index contributed by atoms with van der Waals surface area (Å²) < 4.78 is 0. The topological polar surface area (TPSA) is 111 Å². The van der Waals surface area contributed by atoms with Gasteiger partial charge in [0, 0.05) is 12.3 Å². The van der Waals surface area contributed by atoms with Gasteiger partial charge in [-0.05, 0) is 25.5 Å². The molecular formula is C14H23N5O. The minimum atomic E-state index is 0.177. The monoisotopic (exact) mass is 277 g/mol. The van der Waals surface area contributed by atoms with Crippen LogP contribution in [0, 0.1) is 6.92 Å². The van der Waals surface area contributed by atoms with E-state index in [1.54, 1.807) is 0 Å². The number of hydrogen-bond acceptors (Lipinski definition) is 6. The number of pyridine rings is 1. The van der Waals surface area contributed by atoms with Gasteiger partial charge in [-0.25, -0.2) is 9.97 Å². The predicted molar refractivity (Wildman–Crippen MR) is 82.1 cm³/mol. The number of aromatic nitrogens is 3. The minimum Gasteiger partial charge on any atom is -0.396 e.